The van der Waals surface area contributed by atoms with Crippen LogP contribution in [-0.2, 0) is 13.1 Å². The molecular formula is C17H27N5OS. The Labute approximate surface area is 147 Å². The second kappa shape index (κ2) is 8.18. The lowest BCUT2D eigenvalue weighted by Crippen LogP contribution is -2.36. The fraction of sp³-hybridized carbons (Fsp3) is 0.706. The van der Waals surface area contributed by atoms with Gasteiger partial charge in [0.15, 0.2) is 5.82 Å². The van der Waals surface area contributed by atoms with Crippen LogP contribution in [0.4, 0.5) is 0 Å². The Morgan fingerprint density at radius 1 is 1.29 bits per heavy atom. The molecule has 3 heterocycles. The van der Waals surface area contributed by atoms with Crippen LogP contribution in [0.3, 0.4) is 0 Å². The summed E-state index contributed by atoms with van der Waals surface area (Å²) in [4.78, 5) is 14.0. The Morgan fingerprint density at radius 2 is 2.17 bits per heavy atom. The van der Waals surface area contributed by atoms with Crippen LogP contribution in [0, 0.1) is 13.8 Å². The van der Waals surface area contributed by atoms with Crippen molar-refractivity contribution in [3.63, 3.8) is 0 Å². The lowest BCUT2D eigenvalue weighted by Gasteiger charge is -2.28. The maximum atomic E-state index is 5.11. The maximum Gasteiger partial charge on any atom is 0.223 e. The van der Waals surface area contributed by atoms with Crippen molar-refractivity contribution in [3.8, 4) is 0 Å². The van der Waals surface area contributed by atoms with E-state index in [9.17, 15) is 0 Å². The van der Waals surface area contributed by atoms with Crippen LogP contribution in [0.15, 0.2) is 9.90 Å². The first-order chi connectivity index (χ1) is 11.6. The molecule has 0 radical (unpaired) electrons. The van der Waals surface area contributed by atoms with E-state index in [1.807, 2.05) is 6.92 Å². The molecule has 132 valence electrons. The highest BCUT2D eigenvalue weighted by Crippen LogP contribution is 2.20. The summed E-state index contributed by atoms with van der Waals surface area (Å²) in [6.07, 6.45) is 3.66. The number of rotatable bonds is 6. The third kappa shape index (κ3) is 4.62. The maximum absolute atomic E-state index is 5.11. The number of nitrogens with zero attached hydrogens (tertiary/aromatic N) is 5. The number of hydrogen-bond donors (Lipinski definition) is 0. The molecule has 1 atom stereocenters. The number of thiazole rings is 1. The summed E-state index contributed by atoms with van der Waals surface area (Å²) in [5.74, 6) is 1.44. The van der Waals surface area contributed by atoms with E-state index in [0.717, 1.165) is 44.2 Å². The summed E-state index contributed by atoms with van der Waals surface area (Å²) in [6.45, 7) is 11.2. The zero-order valence-corrected chi connectivity index (χ0v) is 15.7. The topological polar surface area (TPSA) is 58.3 Å². The fourth-order valence-corrected chi connectivity index (χ4v) is 4.23. The van der Waals surface area contributed by atoms with Gasteiger partial charge in [-0.2, -0.15) is 4.98 Å². The molecule has 0 aliphatic carbocycles. The largest absolute Gasteiger partial charge is 0.340 e. The van der Waals surface area contributed by atoms with E-state index >= 15 is 0 Å². The average molecular weight is 350 g/mol. The van der Waals surface area contributed by atoms with E-state index < -0.39 is 0 Å². The molecule has 24 heavy (non-hydrogen) atoms. The van der Waals surface area contributed by atoms with Gasteiger partial charge in [-0.1, -0.05) is 12.1 Å². The quantitative estimate of drug-likeness (QED) is 0.799. The second-order valence-corrected chi connectivity index (χ2v) is 7.48. The fourth-order valence-electron chi connectivity index (χ4n) is 3.41. The monoisotopic (exact) mass is 349 g/mol. The predicted molar refractivity (Wildman–Crippen MR) is 94.9 cm³/mol. The Bertz CT molecular complexity index is 640. The minimum absolute atomic E-state index is 0.594. The van der Waals surface area contributed by atoms with Crippen molar-refractivity contribution in [2.45, 2.75) is 59.2 Å². The first-order valence-electron chi connectivity index (χ1n) is 8.80. The predicted octanol–water partition coefficient (Wildman–Crippen LogP) is 3.02. The first kappa shape index (κ1) is 17.5. The third-order valence-corrected chi connectivity index (χ3v) is 5.60. The van der Waals surface area contributed by atoms with E-state index in [2.05, 4.69) is 44.2 Å². The van der Waals surface area contributed by atoms with Gasteiger partial charge in [-0.15, -0.1) is 11.3 Å². The van der Waals surface area contributed by atoms with Gasteiger partial charge in [0, 0.05) is 30.6 Å². The van der Waals surface area contributed by atoms with Gasteiger partial charge in [-0.25, -0.2) is 4.98 Å². The lowest BCUT2D eigenvalue weighted by molar-refractivity contribution is 0.170. The summed E-state index contributed by atoms with van der Waals surface area (Å²) in [5.41, 5.74) is 1.13. The number of aromatic nitrogens is 3. The average Bonchev–Trinajstić information content (AvgIpc) is 3.08. The minimum Gasteiger partial charge on any atom is -0.340 e. The molecular weight excluding hydrogens is 322 g/mol. The van der Waals surface area contributed by atoms with Gasteiger partial charge in [0.1, 0.15) is 5.01 Å². The first-order valence-corrected chi connectivity index (χ1v) is 9.68. The molecule has 0 spiro atoms. The highest BCUT2D eigenvalue weighted by molar-refractivity contribution is 7.09. The van der Waals surface area contributed by atoms with Crippen LogP contribution < -0.4 is 0 Å². The van der Waals surface area contributed by atoms with Gasteiger partial charge in [0.2, 0.25) is 5.89 Å². The van der Waals surface area contributed by atoms with Gasteiger partial charge in [-0.05, 0) is 39.3 Å². The number of likely N-dealkylation sites (tertiary alicyclic amines) is 1. The smallest absolute Gasteiger partial charge is 0.223 e. The molecule has 1 aliphatic rings. The van der Waals surface area contributed by atoms with Crippen molar-refractivity contribution in [3.05, 3.63) is 27.8 Å². The Balaban J connectivity index is 1.55. The van der Waals surface area contributed by atoms with Crippen LogP contribution in [0.5, 0.6) is 0 Å². The second-order valence-electron chi connectivity index (χ2n) is 6.54. The summed E-state index contributed by atoms with van der Waals surface area (Å²) in [5, 5.41) is 7.43. The molecule has 1 unspecified atom stereocenters. The molecule has 3 rings (SSSR count). The molecule has 7 heteroatoms. The van der Waals surface area contributed by atoms with Crippen LogP contribution in [0.1, 0.15) is 48.6 Å². The summed E-state index contributed by atoms with van der Waals surface area (Å²) < 4.78 is 5.11. The van der Waals surface area contributed by atoms with Gasteiger partial charge >= 0.3 is 0 Å². The SMILES string of the molecule is CCN(Cc1noc(C)n1)C1CCCN(Cc2nc(C)cs2)CC1. The van der Waals surface area contributed by atoms with E-state index in [0.29, 0.717) is 11.9 Å². The molecule has 6 nitrogen and oxygen atoms in total. The normalized spacial score (nSPS) is 19.8. The van der Waals surface area contributed by atoms with Gasteiger partial charge < -0.3 is 4.52 Å². The van der Waals surface area contributed by atoms with Crippen molar-refractivity contribution in [2.24, 2.45) is 0 Å². The molecule has 0 aromatic carbocycles. The zero-order chi connectivity index (χ0) is 16.9. The molecule has 1 saturated heterocycles. The van der Waals surface area contributed by atoms with Crippen LogP contribution >= 0.6 is 11.3 Å². The van der Waals surface area contributed by atoms with Crippen molar-refractivity contribution in [1.29, 1.82) is 0 Å². The molecule has 2 aromatic rings. The highest BCUT2D eigenvalue weighted by atomic mass is 32.1. The third-order valence-electron chi connectivity index (χ3n) is 4.65. The Hall–Kier alpha value is -1.31. The van der Waals surface area contributed by atoms with Gasteiger partial charge in [-0.3, -0.25) is 9.80 Å². The Morgan fingerprint density at radius 3 is 2.83 bits per heavy atom. The van der Waals surface area contributed by atoms with Crippen molar-refractivity contribution in [2.75, 3.05) is 19.6 Å². The van der Waals surface area contributed by atoms with E-state index in [-0.39, 0.29) is 0 Å². The highest BCUT2D eigenvalue weighted by Gasteiger charge is 2.23. The summed E-state index contributed by atoms with van der Waals surface area (Å²) in [7, 11) is 0. The standard InChI is InChI=1S/C17H27N5OS/c1-4-22(10-16-19-14(3)23-20-16)15-6-5-8-21(9-7-15)11-17-18-13(2)12-24-17/h12,15H,4-11H2,1-3H3. The van der Waals surface area contributed by atoms with E-state index in [1.54, 1.807) is 11.3 Å². The molecule has 2 aromatic heterocycles. The summed E-state index contributed by atoms with van der Waals surface area (Å²) in [6, 6.07) is 0.594. The minimum atomic E-state index is 0.594. The molecule has 0 amide bonds. The van der Waals surface area contributed by atoms with Crippen molar-refractivity contribution >= 4 is 11.3 Å². The van der Waals surface area contributed by atoms with Gasteiger partial charge in [0.05, 0.1) is 13.1 Å². The van der Waals surface area contributed by atoms with E-state index in [1.165, 1.54) is 24.3 Å². The zero-order valence-electron chi connectivity index (χ0n) is 14.9. The molecule has 1 aliphatic heterocycles. The molecule has 0 saturated carbocycles. The van der Waals surface area contributed by atoms with Crippen LogP contribution in [0.25, 0.3) is 0 Å². The van der Waals surface area contributed by atoms with Crippen molar-refractivity contribution in [1.82, 2.24) is 24.9 Å². The number of aryl methyl sites for hydroxylation is 2. The van der Waals surface area contributed by atoms with Gasteiger partial charge in [0.25, 0.3) is 0 Å². The lowest BCUT2D eigenvalue weighted by atomic mass is 10.1. The molecule has 0 N–H and O–H groups in total. The van der Waals surface area contributed by atoms with Crippen molar-refractivity contribution < 1.29 is 4.52 Å². The number of hydrogen-bond acceptors (Lipinski definition) is 7. The summed E-state index contributed by atoms with van der Waals surface area (Å²) >= 11 is 1.78. The van der Waals surface area contributed by atoms with Crippen LogP contribution in [-0.4, -0.2) is 50.6 Å². The Kier molecular flexibility index (Phi) is 5.97. The van der Waals surface area contributed by atoms with Crippen LogP contribution in [0.2, 0.25) is 0 Å². The molecule has 0 bridgehead atoms. The van der Waals surface area contributed by atoms with E-state index in [4.69, 9.17) is 4.52 Å². The molecule has 1 fully saturated rings.